The quantitative estimate of drug-likeness (QED) is 0.305. The van der Waals surface area contributed by atoms with Crippen LogP contribution in [-0.4, -0.2) is 33.6 Å². The maximum absolute atomic E-state index is 11.9. The summed E-state index contributed by atoms with van der Waals surface area (Å²) >= 11 is 8.65. The Kier molecular flexibility index (Phi) is 7.29. The third-order valence-electron chi connectivity index (χ3n) is 1.42. The lowest BCUT2D eigenvalue weighted by atomic mass is 10.3. The lowest BCUT2D eigenvalue weighted by Crippen LogP contribution is -2.48. The van der Waals surface area contributed by atoms with Crippen LogP contribution >= 0.6 is 39.1 Å². The van der Waals surface area contributed by atoms with Crippen molar-refractivity contribution in [1.29, 1.82) is 0 Å². The molecule has 0 aromatic carbocycles. The van der Waals surface area contributed by atoms with Gasteiger partial charge in [0.1, 0.15) is 0 Å². The molecule has 1 unspecified atom stereocenters. The monoisotopic (exact) mass is 468 g/mol. The van der Waals surface area contributed by atoms with Crippen LogP contribution in [0.15, 0.2) is 0 Å². The Morgan fingerprint density at radius 3 is 0.636 bits per heavy atom. The molecular weight excluding hydrogens is 470 g/mol. The summed E-state index contributed by atoms with van der Waals surface area (Å²) in [6, 6.07) is 0. The van der Waals surface area contributed by atoms with Crippen LogP contribution < -0.4 is 0 Å². The van der Waals surface area contributed by atoms with Crippen molar-refractivity contribution in [3.05, 3.63) is 0 Å². The van der Waals surface area contributed by atoms with Crippen molar-refractivity contribution in [3.63, 3.8) is 0 Å². The minimum absolute atomic E-state index is 1.18. The highest BCUT2D eigenvalue weighted by molar-refractivity contribution is 9.10. The fraction of sp³-hybridized carbons (Fsp3) is 1.00. The van der Waals surface area contributed by atoms with Gasteiger partial charge in [-0.15, -0.1) is 0 Å². The van der Waals surface area contributed by atoms with Gasteiger partial charge in [-0.1, -0.05) is 23.2 Å². The van der Waals surface area contributed by atoms with Crippen LogP contribution in [0, 0.1) is 0 Å². The molecule has 0 radical (unpaired) electrons. The Hall–Kier alpha value is 0.150. The first-order chi connectivity index (χ1) is 9.00. The van der Waals surface area contributed by atoms with Crippen LogP contribution in [0.2, 0.25) is 0 Å². The van der Waals surface area contributed by atoms with Crippen LogP contribution in [0.4, 0.5) is 57.1 Å². The van der Waals surface area contributed by atoms with E-state index in [0.717, 1.165) is 0 Å². The Labute approximate surface area is 130 Å². The van der Waals surface area contributed by atoms with Crippen LogP contribution in [0.25, 0.3) is 0 Å². The van der Waals surface area contributed by atoms with E-state index in [1.165, 1.54) is 15.9 Å². The molecule has 0 bridgehead atoms. The molecule has 0 amide bonds. The van der Waals surface area contributed by atoms with Crippen molar-refractivity contribution in [1.82, 2.24) is 0 Å². The van der Waals surface area contributed by atoms with Crippen molar-refractivity contribution in [2.24, 2.45) is 0 Å². The molecule has 1 atom stereocenters. The Morgan fingerprint density at radius 1 is 0.455 bits per heavy atom. The maximum Gasteiger partial charge on any atom is 0.446 e. The van der Waals surface area contributed by atoms with Crippen LogP contribution in [0.3, 0.4) is 0 Å². The van der Waals surface area contributed by atoms with E-state index in [4.69, 9.17) is 0 Å². The molecule has 0 nitrogen and oxygen atoms in total. The van der Waals surface area contributed by atoms with Crippen molar-refractivity contribution in [2.45, 2.75) is 33.6 Å². The van der Waals surface area contributed by atoms with Crippen molar-refractivity contribution < 1.29 is 57.1 Å². The molecule has 136 valence electrons. The average molecular weight is 470 g/mol. The molecule has 0 spiro atoms. The van der Waals surface area contributed by atoms with Gasteiger partial charge in [0.25, 0.3) is 0 Å². The fourth-order valence-corrected chi connectivity index (χ4v) is 0.546. The third-order valence-corrected chi connectivity index (χ3v) is 3.08. The highest BCUT2D eigenvalue weighted by Gasteiger charge is 2.72. The van der Waals surface area contributed by atoms with E-state index in [1.807, 2.05) is 0 Å². The summed E-state index contributed by atoms with van der Waals surface area (Å²) in [5, 5.41) is -10.7. The van der Waals surface area contributed by atoms with Gasteiger partial charge in [-0.2, -0.15) is 48.3 Å². The molecule has 0 aliphatic heterocycles. The Balaban J connectivity index is 0. The molecule has 0 saturated carbocycles. The predicted octanol–water partition coefficient (Wildman–Crippen LogP) is 6.46. The first kappa shape index (κ1) is 24.4. The predicted molar refractivity (Wildman–Crippen MR) is 51.4 cm³/mol. The van der Waals surface area contributed by atoms with E-state index < -0.39 is 33.6 Å². The van der Waals surface area contributed by atoms with Gasteiger partial charge in [-0.3, -0.25) is 0 Å². The molecule has 0 aromatic rings. The van der Waals surface area contributed by atoms with Gasteiger partial charge in [-0.05, 0) is 15.9 Å². The van der Waals surface area contributed by atoms with Crippen molar-refractivity contribution in [3.8, 4) is 0 Å². The number of hydrogen-bond donors (Lipinski definition) is 0. The second-order valence-electron chi connectivity index (χ2n) is 3.14. The zero-order chi connectivity index (χ0) is 19.0. The summed E-state index contributed by atoms with van der Waals surface area (Å²) in [5.74, 6) is 0. The van der Waals surface area contributed by atoms with E-state index in [0.29, 0.717) is 0 Å². The number of rotatable bonds is 1. The van der Waals surface area contributed by atoms with Crippen LogP contribution in [0.5, 0.6) is 0 Å². The summed E-state index contributed by atoms with van der Waals surface area (Å²) in [6.45, 7) is 0. The minimum Gasteiger partial charge on any atom is -0.208 e. The molecule has 0 aliphatic rings. The molecule has 22 heavy (non-hydrogen) atoms. The minimum atomic E-state index is -6.15. The molecule has 0 aromatic heterocycles. The summed E-state index contributed by atoms with van der Waals surface area (Å²) < 4.78 is 147. The van der Waals surface area contributed by atoms with Crippen molar-refractivity contribution >= 4 is 39.1 Å². The Bertz CT molecular complexity index is 291. The maximum atomic E-state index is 11.9. The lowest BCUT2D eigenvalue weighted by Gasteiger charge is -2.24. The number of alkyl halides is 16. The molecule has 0 saturated heterocycles. The fourth-order valence-electron chi connectivity index (χ4n) is 0.321. The molecule has 0 N–H and O–H groups in total. The second kappa shape index (κ2) is 6.57. The van der Waals surface area contributed by atoms with Gasteiger partial charge in [0, 0.05) is 0 Å². The van der Waals surface area contributed by atoms with Gasteiger partial charge in [0.15, 0.2) is 0 Å². The van der Waals surface area contributed by atoms with E-state index in [1.54, 1.807) is 0 Å². The SMILES string of the molecule is FC(F)(F)C(F)(Cl)C(F)(F)Br.FC(F)(F)C(F)(Cl)C(F)(F)F. The van der Waals surface area contributed by atoms with Gasteiger partial charge >= 0.3 is 33.6 Å². The topological polar surface area (TPSA) is 0 Å². The molecule has 0 fully saturated rings. The Morgan fingerprint density at radius 2 is 0.636 bits per heavy atom. The van der Waals surface area contributed by atoms with Gasteiger partial charge in [-0.25, -0.2) is 8.78 Å². The largest absolute Gasteiger partial charge is 0.446 e. The first-order valence-corrected chi connectivity index (χ1v) is 5.57. The van der Waals surface area contributed by atoms with Crippen LogP contribution in [0.1, 0.15) is 0 Å². The lowest BCUT2D eigenvalue weighted by molar-refractivity contribution is -0.306. The summed E-state index contributed by atoms with van der Waals surface area (Å²) in [4.78, 5) is -4.83. The average Bonchev–Trinajstić information content (AvgIpc) is 2.10. The molecule has 0 rings (SSSR count). The van der Waals surface area contributed by atoms with Gasteiger partial charge in [0.2, 0.25) is 0 Å². The number of hydrogen-bond acceptors (Lipinski definition) is 0. The molecule has 16 heteroatoms. The molecular formula is C6BrCl2F13. The zero-order valence-electron chi connectivity index (χ0n) is 9.05. The van der Waals surface area contributed by atoms with Gasteiger partial charge < -0.3 is 0 Å². The third kappa shape index (κ3) is 5.65. The standard InChI is InChI=1S/C3BrClF6.C3ClF7/c4-2(7,8)1(5,6)3(9,10)11;4-1(5,2(6,7)8)3(9,10)11. The number of halogens is 16. The smallest absolute Gasteiger partial charge is 0.208 e. The normalized spacial score (nSPS) is 17.5. The van der Waals surface area contributed by atoms with Crippen molar-refractivity contribution in [2.75, 3.05) is 0 Å². The van der Waals surface area contributed by atoms with Gasteiger partial charge in [0.05, 0.1) is 0 Å². The van der Waals surface area contributed by atoms with E-state index in [-0.39, 0.29) is 0 Å². The summed E-state index contributed by atoms with van der Waals surface area (Å²) in [7, 11) is 0. The van der Waals surface area contributed by atoms with Crippen LogP contribution in [-0.2, 0) is 0 Å². The van der Waals surface area contributed by atoms with E-state index >= 15 is 0 Å². The van der Waals surface area contributed by atoms with E-state index in [2.05, 4.69) is 23.2 Å². The summed E-state index contributed by atoms with van der Waals surface area (Å²) in [6.07, 6.45) is -18.1. The summed E-state index contributed by atoms with van der Waals surface area (Å²) in [5.41, 5.74) is 0. The molecule has 0 heterocycles. The highest BCUT2D eigenvalue weighted by Crippen LogP contribution is 2.51. The first-order valence-electron chi connectivity index (χ1n) is 4.02. The van der Waals surface area contributed by atoms with E-state index in [9.17, 15) is 57.1 Å². The second-order valence-corrected chi connectivity index (χ2v) is 5.18. The highest BCUT2D eigenvalue weighted by atomic mass is 79.9. The molecule has 0 aliphatic carbocycles. The zero-order valence-corrected chi connectivity index (χ0v) is 12.1.